The maximum absolute atomic E-state index is 10.5. The van der Waals surface area contributed by atoms with Crippen molar-refractivity contribution in [2.45, 2.75) is 4.90 Å². The summed E-state index contributed by atoms with van der Waals surface area (Å²) in [5, 5.41) is 14.3. The van der Waals surface area contributed by atoms with E-state index in [9.17, 15) is 4.79 Å². The minimum absolute atomic E-state index is 0.187. The number of halogens is 1. The maximum atomic E-state index is 10.5. The first-order chi connectivity index (χ1) is 5.65. The minimum atomic E-state index is -0.984. The average molecular weight is 204 g/mol. The molecule has 1 aromatic carbocycles. The molecule has 1 rings (SSSR count). The van der Waals surface area contributed by atoms with Crippen LogP contribution in [-0.2, 0) is 0 Å². The highest BCUT2D eigenvalue weighted by Crippen LogP contribution is 2.24. The molecule has 3 nitrogen and oxygen atoms in total. The highest BCUT2D eigenvalue weighted by molar-refractivity contribution is 7.97. The van der Waals surface area contributed by atoms with Gasteiger partial charge in [0, 0.05) is 4.90 Å². The molecular weight excluding hydrogens is 198 g/mol. The Morgan fingerprint density at radius 3 is 2.75 bits per heavy atom. The Kier molecular flexibility index (Phi) is 2.97. The third-order valence-electron chi connectivity index (χ3n) is 1.31. The zero-order valence-electron chi connectivity index (χ0n) is 5.95. The normalized spacial score (nSPS) is 9.83. The lowest BCUT2D eigenvalue weighted by Gasteiger charge is -2.00. The smallest absolute Gasteiger partial charge is 0.335 e. The van der Waals surface area contributed by atoms with Crippen molar-refractivity contribution in [2.24, 2.45) is 5.14 Å². The van der Waals surface area contributed by atoms with E-state index in [-0.39, 0.29) is 5.56 Å². The molecule has 12 heavy (non-hydrogen) atoms. The molecule has 0 unspecified atom stereocenters. The molecule has 0 aliphatic rings. The Labute approximate surface area is 78.7 Å². The Morgan fingerprint density at radius 2 is 2.25 bits per heavy atom. The van der Waals surface area contributed by atoms with Crippen LogP contribution in [0.15, 0.2) is 23.1 Å². The van der Waals surface area contributed by atoms with Crippen molar-refractivity contribution in [1.29, 1.82) is 0 Å². The number of carboxylic acid groups (broad SMARTS) is 1. The topological polar surface area (TPSA) is 63.3 Å². The highest BCUT2D eigenvalue weighted by atomic mass is 35.5. The summed E-state index contributed by atoms with van der Waals surface area (Å²) in [6.45, 7) is 0. The van der Waals surface area contributed by atoms with Gasteiger partial charge in [-0.2, -0.15) is 0 Å². The zero-order chi connectivity index (χ0) is 9.14. The second-order valence-corrected chi connectivity index (χ2v) is 3.15. The molecule has 1 aromatic rings. The summed E-state index contributed by atoms with van der Waals surface area (Å²) < 4.78 is 0. The maximum Gasteiger partial charge on any atom is 0.335 e. The molecule has 0 heterocycles. The lowest BCUT2D eigenvalue weighted by Crippen LogP contribution is -1.96. The summed E-state index contributed by atoms with van der Waals surface area (Å²) in [6.07, 6.45) is 0. The average Bonchev–Trinajstić information content (AvgIpc) is 2.05. The molecule has 0 amide bonds. The van der Waals surface area contributed by atoms with Crippen LogP contribution in [0.5, 0.6) is 0 Å². The van der Waals surface area contributed by atoms with E-state index in [1.807, 2.05) is 0 Å². The van der Waals surface area contributed by atoms with Crippen LogP contribution < -0.4 is 5.14 Å². The Morgan fingerprint density at radius 1 is 1.58 bits per heavy atom. The van der Waals surface area contributed by atoms with Crippen LogP contribution in [0.1, 0.15) is 10.4 Å². The van der Waals surface area contributed by atoms with Crippen molar-refractivity contribution in [3.05, 3.63) is 28.8 Å². The third kappa shape index (κ3) is 1.91. The number of benzene rings is 1. The van der Waals surface area contributed by atoms with Gasteiger partial charge in [0.2, 0.25) is 0 Å². The first kappa shape index (κ1) is 9.38. The Balaban J connectivity index is 3.13. The van der Waals surface area contributed by atoms with Gasteiger partial charge in [-0.15, -0.1) is 0 Å². The quantitative estimate of drug-likeness (QED) is 0.722. The second kappa shape index (κ2) is 3.80. The van der Waals surface area contributed by atoms with E-state index in [4.69, 9.17) is 21.8 Å². The van der Waals surface area contributed by atoms with Gasteiger partial charge in [-0.25, -0.2) is 4.79 Å². The molecule has 64 valence electrons. The van der Waals surface area contributed by atoms with Crippen LogP contribution in [0.3, 0.4) is 0 Å². The Hall–Kier alpha value is -0.710. The van der Waals surface area contributed by atoms with Gasteiger partial charge in [-0.3, -0.25) is 5.14 Å². The number of rotatable bonds is 2. The van der Waals surface area contributed by atoms with Crippen LogP contribution in [0.25, 0.3) is 0 Å². The van der Waals surface area contributed by atoms with Gasteiger partial charge in [0.1, 0.15) is 0 Å². The van der Waals surface area contributed by atoms with Crippen molar-refractivity contribution >= 4 is 29.5 Å². The number of hydrogen-bond donors (Lipinski definition) is 2. The van der Waals surface area contributed by atoms with Crippen molar-refractivity contribution < 1.29 is 9.90 Å². The van der Waals surface area contributed by atoms with E-state index in [0.29, 0.717) is 9.92 Å². The van der Waals surface area contributed by atoms with Gasteiger partial charge in [0.15, 0.2) is 0 Å². The zero-order valence-corrected chi connectivity index (χ0v) is 7.52. The summed E-state index contributed by atoms with van der Waals surface area (Å²) in [7, 11) is 0. The number of carbonyl (C=O) groups is 1. The number of hydrogen-bond acceptors (Lipinski definition) is 3. The fourth-order valence-electron chi connectivity index (χ4n) is 0.727. The van der Waals surface area contributed by atoms with Gasteiger partial charge >= 0.3 is 5.97 Å². The highest BCUT2D eigenvalue weighted by Gasteiger charge is 2.05. The summed E-state index contributed by atoms with van der Waals surface area (Å²) in [5.74, 6) is -0.984. The molecule has 5 heteroatoms. The predicted octanol–water partition coefficient (Wildman–Crippen LogP) is 2.00. The SMILES string of the molecule is NSc1cc(C(=O)O)ccc1Cl. The van der Waals surface area contributed by atoms with Gasteiger partial charge < -0.3 is 5.11 Å². The summed E-state index contributed by atoms with van der Waals surface area (Å²) in [6, 6.07) is 4.39. The molecule has 0 bridgehead atoms. The van der Waals surface area contributed by atoms with Crippen LogP contribution in [0, 0.1) is 0 Å². The Bertz CT molecular complexity index is 316. The first-order valence-corrected chi connectivity index (χ1v) is 4.30. The largest absolute Gasteiger partial charge is 0.478 e. The lowest BCUT2D eigenvalue weighted by molar-refractivity contribution is 0.0696. The fraction of sp³-hybridized carbons (Fsp3) is 0. The molecule has 0 aliphatic heterocycles. The van der Waals surface area contributed by atoms with Crippen molar-refractivity contribution in [3.63, 3.8) is 0 Å². The molecule has 0 saturated carbocycles. The molecule has 0 saturated heterocycles. The van der Waals surface area contributed by atoms with Crippen LogP contribution >= 0.6 is 23.5 Å². The van der Waals surface area contributed by atoms with E-state index < -0.39 is 5.97 Å². The summed E-state index contributed by atoms with van der Waals surface area (Å²) in [4.78, 5) is 11.1. The summed E-state index contributed by atoms with van der Waals surface area (Å²) >= 11 is 6.64. The van der Waals surface area contributed by atoms with Gasteiger partial charge in [-0.05, 0) is 30.1 Å². The van der Waals surface area contributed by atoms with Crippen molar-refractivity contribution in [1.82, 2.24) is 0 Å². The van der Waals surface area contributed by atoms with Crippen LogP contribution in [-0.4, -0.2) is 11.1 Å². The van der Waals surface area contributed by atoms with Gasteiger partial charge in [-0.1, -0.05) is 11.6 Å². The number of nitrogens with two attached hydrogens (primary N) is 1. The minimum Gasteiger partial charge on any atom is -0.478 e. The van der Waals surface area contributed by atoms with Crippen molar-refractivity contribution in [3.8, 4) is 0 Å². The second-order valence-electron chi connectivity index (χ2n) is 2.07. The lowest BCUT2D eigenvalue weighted by atomic mass is 10.2. The van der Waals surface area contributed by atoms with E-state index >= 15 is 0 Å². The third-order valence-corrected chi connectivity index (χ3v) is 2.34. The molecule has 0 fully saturated rings. The van der Waals surface area contributed by atoms with Gasteiger partial charge in [0.05, 0.1) is 10.6 Å². The van der Waals surface area contributed by atoms with E-state index in [2.05, 4.69) is 0 Å². The van der Waals surface area contributed by atoms with E-state index in [1.165, 1.54) is 18.2 Å². The summed E-state index contributed by atoms with van der Waals surface area (Å²) in [5.41, 5.74) is 0.187. The van der Waals surface area contributed by atoms with E-state index in [0.717, 1.165) is 11.9 Å². The molecule has 0 radical (unpaired) electrons. The molecule has 0 spiro atoms. The van der Waals surface area contributed by atoms with E-state index in [1.54, 1.807) is 0 Å². The molecule has 0 atom stereocenters. The first-order valence-electron chi connectivity index (χ1n) is 3.04. The monoisotopic (exact) mass is 203 g/mol. The number of aromatic carboxylic acids is 1. The van der Waals surface area contributed by atoms with Gasteiger partial charge in [0.25, 0.3) is 0 Å². The molecule has 3 N–H and O–H groups in total. The standard InChI is InChI=1S/C7H6ClNO2S/c8-5-2-1-4(7(10)11)3-6(5)12-9/h1-3H,9H2,(H,10,11). The molecule has 0 aromatic heterocycles. The number of carboxylic acids is 1. The fourth-order valence-corrected chi connectivity index (χ4v) is 1.35. The van der Waals surface area contributed by atoms with Crippen molar-refractivity contribution in [2.75, 3.05) is 0 Å². The molecule has 0 aliphatic carbocycles. The predicted molar refractivity (Wildman–Crippen MR) is 48.5 cm³/mol. The molecular formula is C7H6ClNO2S. The van der Waals surface area contributed by atoms with Crippen LogP contribution in [0.2, 0.25) is 5.02 Å². The van der Waals surface area contributed by atoms with Crippen LogP contribution in [0.4, 0.5) is 0 Å².